The maximum absolute atomic E-state index is 11.0. The molecule has 16 heavy (non-hydrogen) atoms. The van der Waals surface area contributed by atoms with Crippen molar-refractivity contribution in [1.29, 1.82) is 0 Å². The Bertz CT molecular complexity index is 223. The summed E-state index contributed by atoms with van der Waals surface area (Å²) in [5.41, 5.74) is 0. The van der Waals surface area contributed by atoms with Gasteiger partial charge >= 0.3 is 5.97 Å². The first-order valence-electron chi connectivity index (χ1n) is 6.27. The Kier molecular flexibility index (Phi) is 5.22. The van der Waals surface area contributed by atoms with Crippen molar-refractivity contribution in [2.75, 3.05) is 13.1 Å². The summed E-state index contributed by atoms with van der Waals surface area (Å²) in [6, 6.07) is 0.778. The second kappa shape index (κ2) is 6.21. The first-order chi connectivity index (χ1) is 7.54. The number of nitrogens with one attached hydrogen (secondary N) is 1. The summed E-state index contributed by atoms with van der Waals surface area (Å²) in [4.78, 5) is 13.1. The Morgan fingerprint density at radius 2 is 2.00 bits per heavy atom. The van der Waals surface area contributed by atoms with Gasteiger partial charge in [0.05, 0.1) is 0 Å². The van der Waals surface area contributed by atoms with E-state index in [1.54, 1.807) is 0 Å². The molecule has 0 saturated carbocycles. The van der Waals surface area contributed by atoms with Gasteiger partial charge in [-0.15, -0.1) is 0 Å². The Morgan fingerprint density at radius 3 is 2.38 bits per heavy atom. The van der Waals surface area contributed by atoms with Gasteiger partial charge in [0, 0.05) is 25.2 Å². The van der Waals surface area contributed by atoms with Crippen LogP contribution in [-0.2, 0) is 4.79 Å². The van der Waals surface area contributed by atoms with E-state index in [1.807, 2.05) is 6.92 Å². The fourth-order valence-electron chi connectivity index (χ4n) is 2.44. The molecule has 0 aromatic carbocycles. The number of nitrogens with zero attached hydrogens (tertiary/aromatic N) is 1. The van der Waals surface area contributed by atoms with E-state index in [1.165, 1.54) is 0 Å². The van der Waals surface area contributed by atoms with Crippen LogP contribution in [0.1, 0.15) is 40.0 Å². The van der Waals surface area contributed by atoms with Gasteiger partial charge in [0.25, 0.3) is 0 Å². The quantitative estimate of drug-likeness (QED) is 0.745. The number of carbonyl (C=O) groups is 1. The lowest BCUT2D eigenvalue weighted by atomic mass is 10.0. The summed E-state index contributed by atoms with van der Waals surface area (Å²) < 4.78 is 0. The van der Waals surface area contributed by atoms with E-state index in [4.69, 9.17) is 5.11 Å². The number of likely N-dealkylation sites (tertiary alicyclic amines) is 1. The Labute approximate surface area is 98.0 Å². The molecule has 1 heterocycles. The molecule has 1 unspecified atom stereocenters. The Balaban J connectivity index is 2.38. The van der Waals surface area contributed by atoms with Crippen LogP contribution >= 0.6 is 0 Å². The molecule has 1 atom stereocenters. The fraction of sp³-hybridized carbons (Fsp3) is 0.917. The molecule has 94 valence electrons. The standard InChI is InChI=1S/C12H24N2O2/c1-4-11(12(15)16)14-7-5-10(6-8-14)13-9(2)3/h9-11,13H,4-8H2,1-3H3,(H,15,16). The van der Waals surface area contributed by atoms with Crippen molar-refractivity contribution in [3.05, 3.63) is 0 Å². The Hall–Kier alpha value is -0.610. The predicted molar refractivity (Wildman–Crippen MR) is 64.6 cm³/mol. The zero-order chi connectivity index (χ0) is 12.1. The van der Waals surface area contributed by atoms with Crippen LogP contribution in [0.2, 0.25) is 0 Å². The molecule has 4 heteroatoms. The number of carboxylic acids is 1. The average Bonchev–Trinajstić information content (AvgIpc) is 2.20. The van der Waals surface area contributed by atoms with Crippen molar-refractivity contribution in [3.8, 4) is 0 Å². The number of piperidine rings is 1. The van der Waals surface area contributed by atoms with E-state index in [9.17, 15) is 4.79 Å². The smallest absolute Gasteiger partial charge is 0.320 e. The van der Waals surface area contributed by atoms with Crippen molar-refractivity contribution in [2.24, 2.45) is 0 Å². The molecule has 1 rings (SSSR count). The molecule has 0 aromatic heterocycles. The lowest BCUT2D eigenvalue weighted by molar-refractivity contribution is -0.144. The van der Waals surface area contributed by atoms with Gasteiger partial charge in [0.2, 0.25) is 0 Å². The summed E-state index contributed by atoms with van der Waals surface area (Å²) in [5.74, 6) is -0.683. The van der Waals surface area contributed by atoms with Crippen LogP contribution in [0.3, 0.4) is 0 Å². The molecular weight excluding hydrogens is 204 g/mol. The molecule has 0 aromatic rings. The number of aliphatic carboxylic acids is 1. The molecule has 1 fully saturated rings. The SMILES string of the molecule is CCC(C(=O)O)N1CCC(NC(C)C)CC1. The van der Waals surface area contributed by atoms with Gasteiger partial charge < -0.3 is 10.4 Å². The van der Waals surface area contributed by atoms with Gasteiger partial charge in [-0.1, -0.05) is 20.8 Å². The van der Waals surface area contributed by atoms with Crippen molar-refractivity contribution < 1.29 is 9.90 Å². The van der Waals surface area contributed by atoms with E-state index in [-0.39, 0.29) is 6.04 Å². The van der Waals surface area contributed by atoms with Crippen LogP contribution in [-0.4, -0.2) is 47.2 Å². The summed E-state index contributed by atoms with van der Waals surface area (Å²) in [5, 5.41) is 12.6. The highest BCUT2D eigenvalue weighted by Crippen LogP contribution is 2.15. The van der Waals surface area contributed by atoms with Crippen LogP contribution in [0.5, 0.6) is 0 Å². The molecule has 0 bridgehead atoms. The zero-order valence-corrected chi connectivity index (χ0v) is 10.6. The van der Waals surface area contributed by atoms with Gasteiger partial charge in [-0.3, -0.25) is 9.69 Å². The second-order valence-electron chi connectivity index (χ2n) is 4.89. The molecule has 0 aliphatic carbocycles. The highest BCUT2D eigenvalue weighted by atomic mass is 16.4. The minimum atomic E-state index is -0.683. The van der Waals surface area contributed by atoms with Gasteiger partial charge in [-0.25, -0.2) is 0 Å². The maximum Gasteiger partial charge on any atom is 0.320 e. The largest absolute Gasteiger partial charge is 0.480 e. The van der Waals surface area contributed by atoms with Crippen molar-refractivity contribution in [1.82, 2.24) is 10.2 Å². The third-order valence-electron chi connectivity index (χ3n) is 3.21. The predicted octanol–water partition coefficient (Wildman–Crippen LogP) is 1.31. The number of hydrogen-bond acceptors (Lipinski definition) is 3. The summed E-state index contributed by atoms with van der Waals surface area (Å²) in [6.45, 7) is 8.04. The van der Waals surface area contributed by atoms with Gasteiger partial charge in [0.15, 0.2) is 0 Å². The topological polar surface area (TPSA) is 52.6 Å². The number of hydrogen-bond donors (Lipinski definition) is 2. The maximum atomic E-state index is 11.0. The van der Waals surface area contributed by atoms with Gasteiger partial charge in [-0.2, -0.15) is 0 Å². The molecule has 1 aliphatic heterocycles. The minimum Gasteiger partial charge on any atom is -0.480 e. The number of carboxylic acid groups (broad SMARTS) is 1. The first-order valence-corrected chi connectivity index (χ1v) is 6.27. The minimum absolute atomic E-state index is 0.292. The van der Waals surface area contributed by atoms with E-state index in [0.29, 0.717) is 18.5 Å². The van der Waals surface area contributed by atoms with E-state index < -0.39 is 5.97 Å². The molecular formula is C12H24N2O2. The normalized spacial score (nSPS) is 21.2. The number of rotatable bonds is 5. The van der Waals surface area contributed by atoms with Gasteiger partial charge in [-0.05, 0) is 19.3 Å². The second-order valence-corrected chi connectivity index (χ2v) is 4.89. The van der Waals surface area contributed by atoms with Crippen molar-refractivity contribution >= 4 is 5.97 Å². The molecule has 4 nitrogen and oxygen atoms in total. The molecule has 1 aliphatic rings. The monoisotopic (exact) mass is 228 g/mol. The lowest BCUT2D eigenvalue weighted by Gasteiger charge is -2.36. The van der Waals surface area contributed by atoms with E-state index in [0.717, 1.165) is 25.9 Å². The average molecular weight is 228 g/mol. The summed E-state index contributed by atoms with van der Waals surface area (Å²) in [6.07, 6.45) is 2.81. The van der Waals surface area contributed by atoms with Crippen LogP contribution in [0, 0.1) is 0 Å². The van der Waals surface area contributed by atoms with E-state index in [2.05, 4.69) is 24.1 Å². The molecule has 2 N–H and O–H groups in total. The van der Waals surface area contributed by atoms with Crippen LogP contribution in [0.25, 0.3) is 0 Å². The zero-order valence-electron chi connectivity index (χ0n) is 10.6. The van der Waals surface area contributed by atoms with Crippen LogP contribution in [0.15, 0.2) is 0 Å². The van der Waals surface area contributed by atoms with Crippen molar-refractivity contribution in [2.45, 2.75) is 58.2 Å². The van der Waals surface area contributed by atoms with Crippen LogP contribution in [0.4, 0.5) is 0 Å². The van der Waals surface area contributed by atoms with Crippen molar-refractivity contribution in [3.63, 3.8) is 0 Å². The molecule has 1 saturated heterocycles. The third-order valence-corrected chi connectivity index (χ3v) is 3.21. The first kappa shape index (κ1) is 13.5. The molecule has 0 spiro atoms. The molecule has 0 amide bonds. The lowest BCUT2D eigenvalue weighted by Crippen LogP contribution is -2.50. The summed E-state index contributed by atoms with van der Waals surface area (Å²) >= 11 is 0. The van der Waals surface area contributed by atoms with Gasteiger partial charge in [0.1, 0.15) is 6.04 Å². The summed E-state index contributed by atoms with van der Waals surface area (Å²) in [7, 11) is 0. The van der Waals surface area contributed by atoms with Crippen LogP contribution < -0.4 is 5.32 Å². The Morgan fingerprint density at radius 1 is 1.44 bits per heavy atom. The third kappa shape index (κ3) is 3.76. The highest BCUT2D eigenvalue weighted by molar-refractivity contribution is 5.73. The fourth-order valence-corrected chi connectivity index (χ4v) is 2.44. The van der Waals surface area contributed by atoms with E-state index >= 15 is 0 Å². The highest BCUT2D eigenvalue weighted by Gasteiger charge is 2.28. The molecule has 0 radical (unpaired) electrons.